The molecule has 0 atom stereocenters. The molecule has 0 saturated heterocycles. The molecule has 0 aromatic heterocycles. The highest BCUT2D eigenvalue weighted by atomic mass is 14.5. The maximum Gasteiger partial charge on any atom is 0.00172 e. The van der Waals surface area contributed by atoms with E-state index in [1.165, 1.54) is 11.8 Å². The Bertz CT molecular complexity index is 231. The standard InChI is InChI=1S/C11H17N/c1-5-10(6-2)9(4)11(7-3)8-12/h5,7-8H,3-4,6,12H2,1-2H3/b10-5-,11-8-. The molecule has 0 heterocycles. The Kier molecular flexibility index (Phi) is 4.86. The van der Waals surface area contributed by atoms with E-state index >= 15 is 0 Å². The molecule has 0 aliphatic heterocycles. The first-order valence-electron chi connectivity index (χ1n) is 4.10. The third-order valence-corrected chi connectivity index (χ3v) is 1.86. The van der Waals surface area contributed by atoms with Gasteiger partial charge in [0.2, 0.25) is 0 Å². The van der Waals surface area contributed by atoms with Crippen LogP contribution in [-0.4, -0.2) is 0 Å². The number of nitrogens with two attached hydrogens (primary N) is 1. The lowest BCUT2D eigenvalue weighted by atomic mass is 9.98. The maximum absolute atomic E-state index is 5.41. The Balaban J connectivity index is 4.69. The van der Waals surface area contributed by atoms with E-state index in [4.69, 9.17) is 5.73 Å². The highest BCUT2D eigenvalue weighted by Gasteiger charge is 2.01. The second-order valence-electron chi connectivity index (χ2n) is 2.47. The summed E-state index contributed by atoms with van der Waals surface area (Å²) in [5.74, 6) is 0. The van der Waals surface area contributed by atoms with Gasteiger partial charge in [-0.1, -0.05) is 32.2 Å². The van der Waals surface area contributed by atoms with Gasteiger partial charge in [0, 0.05) is 6.20 Å². The Morgan fingerprint density at radius 3 is 2.33 bits per heavy atom. The molecule has 0 fully saturated rings. The van der Waals surface area contributed by atoms with Crippen LogP contribution in [0.3, 0.4) is 0 Å². The Morgan fingerprint density at radius 1 is 1.50 bits per heavy atom. The first-order valence-corrected chi connectivity index (χ1v) is 4.10. The number of allylic oxidation sites excluding steroid dienone is 5. The van der Waals surface area contributed by atoms with Crippen LogP contribution < -0.4 is 5.73 Å². The molecule has 0 aromatic rings. The van der Waals surface area contributed by atoms with Gasteiger partial charge in [-0.25, -0.2) is 0 Å². The van der Waals surface area contributed by atoms with Crippen molar-refractivity contribution < 1.29 is 0 Å². The van der Waals surface area contributed by atoms with E-state index in [1.807, 2.05) is 6.92 Å². The van der Waals surface area contributed by atoms with Gasteiger partial charge in [-0.3, -0.25) is 0 Å². The summed E-state index contributed by atoms with van der Waals surface area (Å²) in [6, 6.07) is 0. The van der Waals surface area contributed by atoms with Crippen molar-refractivity contribution in [1.82, 2.24) is 0 Å². The van der Waals surface area contributed by atoms with E-state index in [9.17, 15) is 0 Å². The van der Waals surface area contributed by atoms with E-state index in [0.29, 0.717) is 0 Å². The molecule has 1 heteroatoms. The monoisotopic (exact) mass is 163 g/mol. The Hall–Kier alpha value is -1.24. The molecule has 66 valence electrons. The molecule has 0 unspecified atom stereocenters. The number of hydrogen-bond donors (Lipinski definition) is 1. The first-order chi connectivity index (χ1) is 5.71. The quantitative estimate of drug-likeness (QED) is 0.633. The summed E-state index contributed by atoms with van der Waals surface area (Å²) in [4.78, 5) is 0. The Morgan fingerprint density at radius 2 is 2.08 bits per heavy atom. The molecule has 0 aromatic carbocycles. The van der Waals surface area contributed by atoms with Crippen LogP contribution in [0.2, 0.25) is 0 Å². The highest BCUT2D eigenvalue weighted by molar-refractivity contribution is 5.48. The van der Waals surface area contributed by atoms with Gasteiger partial charge in [-0.05, 0) is 30.1 Å². The molecule has 0 aliphatic rings. The van der Waals surface area contributed by atoms with Crippen LogP contribution in [0.1, 0.15) is 20.3 Å². The van der Waals surface area contributed by atoms with Gasteiger partial charge in [-0.15, -0.1) is 0 Å². The Labute approximate surface area is 75.0 Å². The predicted octanol–water partition coefficient (Wildman–Crippen LogP) is 2.93. The van der Waals surface area contributed by atoms with Crippen LogP contribution in [0.25, 0.3) is 0 Å². The fraction of sp³-hybridized carbons (Fsp3) is 0.273. The van der Waals surface area contributed by atoms with Crippen LogP contribution in [-0.2, 0) is 0 Å². The minimum atomic E-state index is 0.907. The smallest absolute Gasteiger partial charge is 0.00172 e. The minimum absolute atomic E-state index is 0.907. The summed E-state index contributed by atoms with van der Waals surface area (Å²) in [7, 11) is 0. The van der Waals surface area contributed by atoms with Crippen LogP contribution in [0.4, 0.5) is 0 Å². The van der Waals surface area contributed by atoms with E-state index < -0.39 is 0 Å². The van der Waals surface area contributed by atoms with Crippen molar-refractivity contribution in [3.05, 3.63) is 48.2 Å². The summed E-state index contributed by atoms with van der Waals surface area (Å²) >= 11 is 0. The van der Waals surface area contributed by atoms with E-state index in [1.54, 1.807) is 6.08 Å². The molecule has 1 nitrogen and oxygen atoms in total. The van der Waals surface area contributed by atoms with E-state index in [0.717, 1.165) is 17.6 Å². The fourth-order valence-corrected chi connectivity index (χ4v) is 1.07. The summed E-state index contributed by atoms with van der Waals surface area (Å²) in [5, 5.41) is 0. The van der Waals surface area contributed by atoms with Gasteiger partial charge < -0.3 is 5.73 Å². The lowest BCUT2D eigenvalue weighted by Crippen LogP contribution is -1.93. The minimum Gasteiger partial charge on any atom is -0.404 e. The lowest BCUT2D eigenvalue weighted by molar-refractivity contribution is 1.11. The van der Waals surface area contributed by atoms with Crippen molar-refractivity contribution in [3.63, 3.8) is 0 Å². The average Bonchev–Trinajstić information content (AvgIpc) is 2.09. The van der Waals surface area contributed by atoms with Gasteiger partial charge >= 0.3 is 0 Å². The molecule has 2 N–H and O–H groups in total. The summed E-state index contributed by atoms with van der Waals surface area (Å²) < 4.78 is 0. The second-order valence-corrected chi connectivity index (χ2v) is 2.47. The molecule has 0 radical (unpaired) electrons. The first kappa shape index (κ1) is 10.8. The fourth-order valence-electron chi connectivity index (χ4n) is 1.07. The average molecular weight is 163 g/mol. The van der Waals surface area contributed by atoms with Crippen molar-refractivity contribution in [1.29, 1.82) is 0 Å². The normalized spacial score (nSPS) is 12.8. The van der Waals surface area contributed by atoms with Gasteiger partial charge in [0.05, 0.1) is 0 Å². The topological polar surface area (TPSA) is 26.0 Å². The van der Waals surface area contributed by atoms with Gasteiger partial charge in [0.15, 0.2) is 0 Å². The lowest BCUT2D eigenvalue weighted by Gasteiger charge is -2.08. The molecular weight excluding hydrogens is 146 g/mol. The molecule has 0 rings (SSSR count). The van der Waals surface area contributed by atoms with Gasteiger partial charge in [-0.2, -0.15) is 0 Å². The zero-order valence-corrected chi connectivity index (χ0v) is 7.93. The maximum atomic E-state index is 5.41. The van der Waals surface area contributed by atoms with Crippen molar-refractivity contribution >= 4 is 0 Å². The highest BCUT2D eigenvalue weighted by Crippen LogP contribution is 2.19. The SMILES string of the molecule is C=C/C(=C/N)C(=C)/C(=C\C)CC. The second kappa shape index (κ2) is 5.42. The van der Waals surface area contributed by atoms with Gasteiger partial charge in [0.25, 0.3) is 0 Å². The molecule has 12 heavy (non-hydrogen) atoms. The number of hydrogen-bond acceptors (Lipinski definition) is 1. The zero-order chi connectivity index (χ0) is 9.56. The van der Waals surface area contributed by atoms with E-state index in [2.05, 4.69) is 26.2 Å². The molecule has 0 saturated carbocycles. The molecule has 0 spiro atoms. The van der Waals surface area contributed by atoms with E-state index in [-0.39, 0.29) is 0 Å². The number of rotatable bonds is 4. The van der Waals surface area contributed by atoms with Crippen LogP contribution in [0.5, 0.6) is 0 Å². The molecular formula is C11H17N. The van der Waals surface area contributed by atoms with Crippen molar-refractivity contribution in [2.24, 2.45) is 5.73 Å². The van der Waals surface area contributed by atoms with Crippen molar-refractivity contribution in [3.8, 4) is 0 Å². The zero-order valence-electron chi connectivity index (χ0n) is 7.93. The van der Waals surface area contributed by atoms with Crippen molar-refractivity contribution in [2.45, 2.75) is 20.3 Å². The summed E-state index contributed by atoms with van der Waals surface area (Å²) in [6.45, 7) is 11.7. The third kappa shape index (κ3) is 2.42. The molecule has 0 aliphatic carbocycles. The van der Waals surface area contributed by atoms with Crippen LogP contribution in [0.15, 0.2) is 48.2 Å². The largest absolute Gasteiger partial charge is 0.404 e. The molecule has 0 amide bonds. The predicted molar refractivity (Wildman–Crippen MR) is 55.7 cm³/mol. The summed E-state index contributed by atoms with van der Waals surface area (Å²) in [5.41, 5.74) is 8.50. The molecule has 0 bridgehead atoms. The third-order valence-electron chi connectivity index (χ3n) is 1.86. The van der Waals surface area contributed by atoms with Crippen LogP contribution >= 0.6 is 0 Å². The van der Waals surface area contributed by atoms with Crippen LogP contribution in [0, 0.1) is 0 Å². The van der Waals surface area contributed by atoms with Crippen molar-refractivity contribution in [2.75, 3.05) is 0 Å². The summed E-state index contributed by atoms with van der Waals surface area (Å²) in [6.07, 6.45) is 6.28. The van der Waals surface area contributed by atoms with Gasteiger partial charge in [0.1, 0.15) is 0 Å².